The second-order valence-electron chi connectivity index (χ2n) is 10.3. The summed E-state index contributed by atoms with van der Waals surface area (Å²) >= 11 is 0. The van der Waals surface area contributed by atoms with E-state index in [2.05, 4.69) is 59.0 Å². The molecule has 0 atom stereocenters. The molecule has 2 N–H and O–H groups in total. The van der Waals surface area contributed by atoms with E-state index < -0.39 is 11.7 Å². The summed E-state index contributed by atoms with van der Waals surface area (Å²) in [5.41, 5.74) is 1.88. The van der Waals surface area contributed by atoms with E-state index in [4.69, 9.17) is 0 Å². The molecule has 45 heavy (non-hydrogen) atoms. The van der Waals surface area contributed by atoms with Gasteiger partial charge in [0, 0.05) is 23.4 Å². The number of nitrogens with one attached hydrogen (secondary N) is 2. The van der Waals surface area contributed by atoms with Crippen LogP contribution in [0.3, 0.4) is 0 Å². The van der Waals surface area contributed by atoms with Gasteiger partial charge in [0.2, 0.25) is 5.95 Å². The van der Waals surface area contributed by atoms with Gasteiger partial charge in [-0.05, 0) is 87.4 Å². The van der Waals surface area contributed by atoms with Crippen molar-refractivity contribution >= 4 is 23.2 Å². The number of aromatic nitrogens is 3. The van der Waals surface area contributed by atoms with E-state index in [9.17, 15) is 18.0 Å². The van der Waals surface area contributed by atoms with Crippen LogP contribution in [0, 0.1) is 5.92 Å². The van der Waals surface area contributed by atoms with E-state index in [1.165, 1.54) is 10.6 Å². The average molecular weight is 617 g/mol. The summed E-state index contributed by atoms with van der Waals surface area (Å²) in [5.74, 6) is 0.684. The van der Waals surface area contributed by atoms with Crippen molar-refractivity contribution in [3.05, 3.63) is 128 Å². The number of anilines is 2. The van der Waals surface area contributed by atoms with Crippen LogP contribution in [0.25, 0.3) is 16.9 Å². The number of likely N-dealkylation sites (tertiary alicyclic amines) is 1. The topological polar surface area (TPSA) is 74.6 Å². The molecule has 1 aliphatic rings. The lowest BCUT2D eigenvalue weighted by Crippen LogP contribution is -2.36. The molecular weight excluding hydrogens is 577 g/mol. The first-order valence-electron chi connectivity index (χ1n) is 14.4. The van der Waals surface area contributed by atoms with Gasteiger partial charge < -0.3 is 15.5 Å². The molecule has 2 aromatic carbocycles. The number of carbonyl (C=O) groups is 1. The van der Waals surface area contributed by atoms with Gasteiger partial charge in [-0.3, -0.25) is 4.79 Å². The predicted octanol–water partition coefficient (Wildman–Crippen LogP) is 7.95. The number of halogens is 3. The third-order valence-corrected chi connectivity index (χ3v) is 6.97. The average Bonchev–Trinajstić information content (AvgIpc) is 3.47. The molecule has 1 amide bonds. The number of fused-ring (bicyclic) bond motifs is 1. The number of amides is 1. The quantitative estimate of drug-likeness (QED) is 0.197. The van der Waals surface area contributed by atoms with E-state index in [0.717, 1.165) is 38.1 Å². The fourth-order valence-electron chi connectivity index (χ4n) is 4.47. The highest BCUT2D eigenvalue weighted by atomic mass is 19.4. The molecular formula is C35H39F3N6O. The highest BCUT2D eigenvalue weighted by Gasteiger charge is 2.30. The number of hydrogen-bond acceptors (Lipinski definition) is 5. The number of hydrogen-bond donors (Lipinski definition) is 2. The Morgan fingerprint density at radius 1 is 0.933 bits per heavy atom. The SMILES string of the molecule is C=CC=C.C=CC=C.CN1CCC(CNC(=O)c2ccc(Nc3nc4cccc(-c5cccc(C(F)(F)F)c5)n4n3)cc2)CC1. The number of carbonyl (C=O) groups excluding carboxylic acids is 1. The fourth-order valence-corrected chi connectivity index (χ4v) is 4.47. The Morgan fingerprint density at radius 2 is 1.56 bits per heavy atom. The maximum atomic E-state index is 13.2. The molecule has 0 spiro atoms. The van der Waals surface area contributed by atoms with Crippen LogP contribution in [0.2, 0.25) is 0 Å². The minimum atomic E-state index is -4.44. The first-order chi connectivity index (χ1) is 21.6. The summed E-state index contributed by atoms with van der Waals surface area (Å²) in [6.45, 7) is 16.2. The van der Waals surface area contributed by atoms with E-state index in [0.29, 0.717) is 46.6 Å². The Hall–Kier alpha value is -4.96. The summed E-state index contributed by atoms with van der Waals surface area (Å²) in [6.07, 6.45) is 4.29. The number of rotatable bonds is 8. The third-order valence-electron chi connectivity index (χ3n) is 6.97. The molecule has 0 unspecified atom stereocenters. The standard InChI is InChI=1S/C27H27F3N6O.2C4H6/c1-35-14-12-18(13-15-35)17-31-25(37)19-8-10-22(11-9-19)32-26-33-24-7-3-6-23(36(24)34-26)20-4-2-5-21(16-20)27(28,29)30;2*1-3-4-2/h2-11,16,18H,12-15,17H2,1H3,(H,31,37)(H,32,34);2*3-4H,1-2H2. The number of pyridine rings is 1. The lowest BCUT2D eigenvalue weighted by atomic mass is 9.97. The number of allylic oxidation sites excluding steroid dienone is 4. The Kier molecular flexibility index (Phi) is 12.9. The van der Waals surface area contributed by atoms with Crippen molar-refractivity contribution < 1.29 is 18.0 Å². The normalized spacial score (nSPS) is 13.3. The summed E-state index contributed by atoms with van der Waals surface area (Å²) in [7, 11) is 2.11. The Bertz CT molecular complexity index is 1560. The fraction of sp³-hybridized carbons (Fsp3) is 0.229. The van der Waals surface area contributed by atoms with Crippen LogP contribution in [-0.4, -0.2) is 52.1 Å². The van der Waals surface area contributed by atoms with Gasteiger partial charge in [-0.25, -0.2) is 4.52 Å². The van der Waals surface area contributed by atoms with E-state index in [1.807, 2.05) is 0 Å². The van der Waals surface area contributed by atoms with Crippen LogP contribution in [-0.2, 0) is 6.18 Å². The monoisotopic (exact) mass is 616 g/mol. The smallest absolute Gasteiger partial charge is 0.352 e. The third kappa shape index (κ3) is 10.3. The summed E-state index contributed by atoms with van der Waals surface area (Å²) < 4.78 is 41.1. The minimum Gasteiger partial charge on any atom is -0.352 e. The zero-order valence-electron chi connectivity index (χ0n) is 25.4. The van der Waals surface area contributed by atoms with Crippen molar-refractivity contribution in [2.75, 3.05) is 32.0 Å². The van der Waals surface area contributed by atoms with Crippen LogP contribution in [0.5, 0.6) is 0 Å². The van der Waals surface area contributed by atoms with Gasteiger partial charge in [0.15, 0.2) is 5.65 Å². The second-order valence-corrected chi connectivity index (χ2v) is 10.3. The molecule has 236 valence electrons. The Labute approximate surface area is 262 Å². The Morgan fingerprint density at radius 3 is 2.16 bits per heavy atom. The molecule has 0 aliphatic carbocycles. The van der Waals surface area contributed by atoms with Gasteiger partial charge in [-0.1, -0.05) is 68.8 Å². The van der Waals surface area contributed by atoms with Gasteiger partial charge in [0.1, 0.15) is 0 Å². The van der Waals surface area contributed by atoms with E-state index in [1.54, 1.807) is 72.8 Å². The maximum Gasteiger partial charge on any atom is 0.416 e. The van der Waals surface area contributed by atoms with E-state index >= 15 is 0 Å². The first kappa shape index (κ1) is 34.5. The predicted molar refractivity (Wildman–Crippen MR) is 176 cm³/mol. The van der Waals surface area contributed by atoms with Crippen LogP contribution < -0.4 is 10.6 Å². The lowest BCUT2D eigenvalue weighted by Gasteiger charge is -2.28. The first-order valence-corrected chi connectivity index (χ1v) is 14.4. The van der Waals surface area contributed by atoms with Crippen LogP contribution in [0.15, 0.2) is 117 Å². The summed E-state index contributed by atoms with van der Waals surface area (Å²) in [4.78, 5) is 19.3. The molecule has 5 rings (SSSR count). The van der Waals surface area contributed by atoms with Crippen LogP contribution in [0.4, 0.5) is 24.8 Å². The molecule has 0 saturated carbocycles. The molecule has 7 nitrogen and oxygen atoms in total. The van der Waals surface area contributed by atoms with Gasteiger partial charge in [-0.2, -0.15) is 18.2 Å². The van der Waals surface area contributed by atoms with Crippen molar-refractivity contribution in [3.63, 3.8) is 0 Å². The highest BCUT2D eigenvalue weighted by molar-refractivity contribution is 5.94. The van der Waals surface area contributed by atoms with Crippen LogP contribution >= 0.6 is 0 Å². The molecule has 1 fully saturated rings. The Balaban J connectivity index is 0.000000619. The molecule has 2 aromatic heterocycles. The van der Waals surface area contributed by atoms with E-state index in [-0.39, 0.29) is 5.91 Å². The molecule has 4 aromatic rings. The van der Waals surface area contributed by atoms with Gasteiger partial charge in [-0.15, -0.1) is 5.10 Å². The number of nitrogens with zero attached hydrogens (tertiary/aromatic N) is 4. The second kappa shape index (κ2) is 16.8. The van der Waals surface area contributed by atoms with Gasteiger partial charge in [0.05, 0.1) is 11.3 Å². The lowest BCUT2D eigenvalue weighted by molar-refractivity contribution is -0.137. The molecule has 10 heteroatoms. The summed E-state index contributed by atoms with van der Waals surface area (Å²) in [6, 6.07) is 17.3. The highest BCUT2D eigenvalue weighted by Crippen LogP contribution is 2.32. The van der Waals surface area contributed by atoms with Gasteiger partial charge in [0.25, 0.3) is 5.91 Å². The molecule has 1 aliphatic heterocycles. The zero-order chi connectivity index (χ0) is 32.8. The largest absolute Gasteiger partial charge is 0.416 e. The maximum absolute atomic E-state index is 13.2. The number of benzene rings is 2. The summed E-state index contributed by atoms with van der Waals surface area (Å²) in [5, 5.41) is 10.6. The van der Waals surface area contributed by atoms with Crippen molar-refractivity contribution in [3.8, 4) is 11.3 Å². The van der Waals surface area contributed by atoms with Crippen molar-refractivity contribution in [2.45, 2.75) is 19.0 Å². The van der Waals surface area contributed by atoms with Gasteiger partial charge >= 0.3 is 6.18 Å². The molecule has 3 heterocycles. The number of alkyl halides is 3. The molecule has 0 bridgehead atoms. The molecule has 0 radical (unpaired) electrons. The van der Waals surface area contributed by atoms with Crippen LogP contribution in [0.1, 0.15) is 28.8 Å². The van der Waals surface area contributed by atoms with Crippen molar-refractivity contribution in [1.29, 1.82) is 0 Å². The minimum absolute atomic E-state index is 0.109. The number of piperidine rings is 1. The zero-order valence-corrected chi connectivity index (χ0v) is 25.4. The van der Waals surface area contributed by atoms with Crippen molar-refractivity contribution in [1.82, 2.24) is 24.8 Å². The van der Waals surface area contributed by atoms with Crippen molar-refractivity contribution in [2.24, 2.45) is 5.92 Å². The molecule has 1 saturated heterocycles.